The van der Waals surface area contributed by atoms with Crippen LogP contribution in [0.1, 0.15) is 48.0 Å². The van der Waals surface area contributed by atoms with Gasteiger partial charge in [-0.3, -0.25) is 0 Å². The largest absolute Gasteiger partial charge is 0.412 e. The number of hydrogen-bond donors (Lipinski definition) is 0. The minimum atomic E-state index is -1.79. The fourth-order valence-corrected chi connectivity index (χ4v) is 3.58. The highest BCUT2D eigenvalue weighted by atomic mass is 28.4. The summed E-state index contributed by atoms with van der Waals surface area (Å²) in [6.45, 7) is 17.8. The van der Waals surface area contributed by atoms with Crippen molar-refractivity contribution in [3.8, 4) is 0 Å². The normalized spacial score (nSPS) is 38.1. The second-order valence-corrected chi connectivity index (χ2v) is 12.1. The molecule has 1 heterocycles. The van der Waals surface area contributed by atoms with E-state index in [9.17, 15) is 0 Å². The first-order valence-electron chi connectivity index (χ1n) is 7.06. The van der Waals surface area contributed by atoms with Crippen molar-refractivity contribution < 1.29 is 9.16 Å². The summed E-state index contributed by atoms with van der Waals surface area (Å²) >= 11 is 0. The standard InChI is InChI=1S/C14H29BO2Si/c1-9-14(6)10(2)11(12(15)16-14)17-18(7,8)13(3,4)5/h10-12H,9H2,1-8H3/t10-,11?,12-,14-/m1/s1. The predicted molar refractivity (Wildman–Crippen MR) is 80.6 cm³/mol. The molecule has 1 rings (SSSR count). The zero-order chi connectivity index (χ0) is 14.4. The van der Waals surface area contributed by atoms with Crippen LogP contribution in [-0.2, 0) is 9.16 Å². The van der Waals surface area contributed by atoms with Gasteiger partial charge >= 0.3 is 0 Å². The Morgan fingerprint density at radius 3 is 2.17 bits per heavy atom. The van der Waals surface area contributed by atoms with Crippen LogP contribution < -0.4 is 0 Å². The van der Waals surface area contributed by atoms with Gasteiger partial charge in [0.25, 0.3) is 0 Å². The van der Waals surface area contributed by atoms with Gasteiger partial charge in [-0.15, -0.1) is 0 Å². The van der Waals surface area contributed by atoms with Crippen LogP contribution in [0.15, 0.2) is 0 Å². The molecule has 0 bridgehead atoms. The minimum Gasteiger partial charge on any atom is -0.412 e. The summed E-state index contributed by atoms with van der Waals surface area (Å²) in [6, 6.07) is -0.293. The van der Waals surface area contributed by atoms with Crippen LogP contribution in [-0.4, -0.2) is 33.9 Å². The summed E-state index contributed by atoms with van der Waals surface area (Å²) in [5.41, 5.74) is -0.146. The molecule has 4 heteroatoms. The monoisotopic (exact) mass is 268 g/mol. The van der Waals surface area contributed by atoms with Crippen molar-refractivity contribution in [1.82, 2.24) is 0 Å². The molecule has 4 atom stereocenters. The average molecular weight is 268 g/mol. The van der Waals surface area contributed by atoms with Gasteiger partial charge in [0.2, 0.25) is 0 Å². The van der Waals surface area contributed by atoms with Gasteiger partial charge in [-0.05, 0) is 31.5 Å². The van der Waals surface area contributed by atoms with Crippen molar-refractivity contribution in [3.63, 3.8) is 0 Å². The second-order valence-electron chi connectivity index (χ2n) is 7.38. The zero-order valence-corrected chi connectivity index (χ0v) is 14.3. The third-order valence-corrected chi connectivity index (χ3v) is 9.60. The Kier molecular flexibility index (Phi) is 4.47. The van der Waals surface area contributed by atoms with E-state index in [1.165, 1.54) is 0 Å². The molecule has 2 radical (unpaired) electrons. The molecule has 0 aromatic rings. The van der Waals surface area contributed by atoms with E-state index in [0.29, 0.717) is 5.92 Å². The zero-order valence-electron chi connectivity index (χ0n) is 13.3. The molecule has 104 valence electrons. The van der Waals surface area contributed by atoms with Gasteiger partial charge in [0, 0.05) is 11.9 Å². The molecule has 0 amide bonds. The third kappa shape index (κ3) is 2.86. The molecule has 0 aromatic carbocycles. The molecule has 2 nitrogen and oxygen atoms in total. The molecular formula is C14H29BO2Si. The molecule has 0 aliphatic carbocycles. The summed E-state index contributed by atoms with van der Waals surface area (Å²) in [5, 5.41) is 0.206. The van der Waals surface area contributed by atoms with Crippen molar-refractivity contribution >= 4 is 16.2 Å². The van der Waals surface area contributed by atoms with Gasteiger partial charge in [-0.1, -0.05) is 34.6 Å². The smallest absolute Gasteiger partial charge is 0.192 e. The predicted octanol–water partition coefficient (Wildman–Crippen LogP) is 3.71. The SMILES string of the molecule is [B][C@@H]1O[C@](C)(CC)[C@H](C)C1O[Si](C)(C)C(C)(C)C. The highest BCUT2D eigenvalue weighted by molar-refractivity contribution is 6.74. The maximum atomic E-state index is 6.47. The van der Waals surface area contributed by atoms with Crippen molar-refractivity contribution in [2.24, 2.45) is 5.92 Å². The first-order chi connectivity index (χ1) is 7.94. The lowest BCUT2D eigenvalue weighted by molar-refractivity contribution is -0.0194. The lowest BCUT2D eigenvalue weighted by Gasteiger charge is -2.40. The van der Waals surface area contributed by atoms with Crippen LogP contribution in [0.5, 0.6) is 0 Å². The topological polar surface area (TPSA) is 18.5 Å². The maximum absolute atomic E-state index is 6.47. The summed E-state index contributed by atoms with van der Waals surface area (Å²) in [7, 11) is 4.36. The molecule has 18 heavy (non-hydrogen) atoms. The fraction of sp³-hybridized carbons (Fsp3) is 1.00. The molecule has 1 aliphatic rings. The van der Waals surface area contributed by atoms with E-state index >= 15 is 0 Å². The van der Waals surface area contributed by atoms with Gasteiger partial charge in [-0.25, -0.2) is 0 Å². The minimum absolute atomic E-state index is 0.0239. The van der Waals surface area contributed by atoms with E-state index in [-0.39, 0.29) is 22.7 Å². The lowest BCUT2D eigenvalue weighted by atomic mass is 9.83. The Morgan fingerprint density at radius 1 is 1.33 bits per heavy atom. The van der Waals surface area contributed by atoms with E-state index in [0.717, 1.165) is 6.42 Å². The molecule has 0 aromatic heterocycles. The molecule has 0 N–H and O–H groups in total. The fourth-order valence-electron chi connectivity index (χ4n) is 2.21. The lowest BCUT2D eigenvalue weighted by Crippen LogP contribution is -2.48. The highest BCUT2D eigenvalue weighted by Crippen LogP contribution is 2.44. The van der Waals surface area contributed by atoms with E-state index in [2.05, 4.69) is 54.6 Å². The van der Waals surface area contributed by atoms with Crippen molar-refractivity contribution in [1.29, 1.82) is 0 Å². The molecule has 1 saturated heterocycles. The van der Waals surface area contributed by atoms with Crippen molar-refractivity contribution in [3.05, 3.63) is 0 Å². The number of hydrogen-bond acceptors (Lipinski definition) is 2. The van der Waals surface area contributed by atoms with E-state index in [1.54, 1.807) is 0 Å². The second kappa shape index (κ2) is 4.95. The van der Waals surface area contributed by atoms with Crippen LogP contribution in [0.4, 0.5) is 0 Å². The van der Waals surface area contributed by atoms with Crippen LogP contribution >= 0.6 is 0 Å². The van der Waals surface area contributed by atoms with E-state index in [4.69, 9.17) is 17.0 Å². The maximum Gasteiger partial charge on any atom is 0.192 e. The summed E-state index contributed by atoms with van der Waals surface area (Å²) in [4.78, 5) is 0. The Labute approximate surface area is 115 Å². The average Bonchev–Trinajstić information content (AvgIpc) is 2.41. The van der Waals surface area contributed by atoms with E-state index in [1.807, 2.05) is 0 Å². The Balaban J connectivity index is 2.86. The van der Waals surface area contributed by atoms with Crippen LogP contribution in [0.2, 0.25) is 18.1 Å². The van der Waals surface area contributed by atoms with Crippen LogP contribution in [0.25, 0.3) is 0 Å². The molecular weight excluding hydrogens is 239 g/mol. The molecule has 1 aliphatic heterocycles. The van der Waals surface area contributed by atoms with Gasteiger partial charge in [0.1, 0.15) is 7.85 Å². The Bertz CT molecular complexity index is 301. The Morgan fingerprint density at radius 2 is 1.83 bits per heavy atom. The first-order valence-corrected chi connectivity index (χ1v) is 9.96. The number of ether oxygens (including phenoxy) is 1. The molecule has 1 fully saturated rings. The van der Waals surface area contributed by atoms with Gasteiger partial charge < -0.3 is 9.16 Å². The van der Waals surface area contributed by atoms with Crippen LogP contribution in [0, 0.1) is 5.92 Å². The van der Waals surface area contributed by atoms with Crippen molar-refractivity contribution in [2.45, 2.75) is 83.8 Å². The van der Waals surface area contributed by atoms with Crippen molar-refractivity contribution in [2.75, 3.05) is 0 Å². The highest BCUT2D eigenvalue weighted by Gasteiger charge is 2.50. The van der Waals surface area contributed by atoms with E-state index < -0.39 is 8.32 Å². The Hall–Kier alpha value is 0.202. The molecule has 1 unspecified atom stereocenters. The van der Waals surface area contributed by atoms with Gasteiger partial charge in [0.05, 0.1) is 11.7 Å². The quantitative estimate of drug-likeness (QED) is 0.726. The van der Waals surface area contributed by atoms with Crippen LogP contribution in [0.3, 0.4) is 0 Å². The first kappa shape index (κ1) is 16.3. The van der Waals surface area contributed by atoms with Gasteiger partial charge in [-0.2, -0.15) is 0 Å². The molecule has 0 spiro atoms. The molecule has 0 saturated carbocycles. The summed E-state index contributed by atoms with van der Waals surface area (Å²) in [6.07, 6.45) is 0.995. The summed E-state index contributed by atoms with van der Waals surface area (Å²) in [5.74, 6) is 0.339. The third-order valence-electron chi connectivity index (χ3n) is 5.12. The summed E-state index contributed by atoms with van der Waals surface area (Å²) < 4.78 is 12.4. The van der Waals surface area contributed by atoms with Gasteiger partial charge in [0.15, 0.2) is 8.32 Å². The number of rotatable bonds is 3.